The van der Waals surface area contributed by atoms with Gasteiger partial charge in [0, 0.05) is 75.5 Å². The van der Waals surface area contributed by atoms with E-state index in [1.165, 1.54) is 22.3 Å². The number of halogens is 4. The van der Waals surface area contributed by atoms with Gasteiger partial charge in [0.25, 0.3) is 11.8 Å². The topological polar surface area (TPSA) is 128 Å². The van der Waals surface area contributed by atoms with Gasteiger partial charge in [-0.2, -0.15) is 10.2 Å². The van der Waals surface area contributed by atoms with Crippen LogP contribution in [0.5, 0.6) is 11.5 Å². The van der Waals surface area contributed by atoms with Crippen molar-refractivity contribution in [1.82, 2.24) is 29.8 Å². The number of nitrogens with one attached hydrogen (secondary N) is 3. The van der Waals surface area contributed by atoms with Gasteiger partial charge >= 0.3 is 0 Å². The fourth-order valence-electron chi connectivity index (χ4n) is 7.94. The third-order valence-corrected chi connectivity index (χ3v) is 12.1. The van der Waals surface area contributed by atoms with Crippen LogP contribution in [0.25, 0.3) is 0 Å². The van der Waals surface area contributed by atoms with Crippen LogP contribution in [0.15, 0.2) is 84.9 Å². The van der Waals surface area contributed by atoms with Crippen LogP contribution in [0, 0.1) is 25.7 Å². The van der Waals surface area contributed by atoms with E-state index in [0.717, 1.165) is 79.6 Å². The summed E-state index contributed by atoms with van der Waals surface area (Å²) in [5.41, 5.74) is 10.1. The number of carbonyl (C=O) groups excluding carboxylic acids is 2. The van der Waals surface area contributed by atoms with Gasteiger partial charge in [-0.3, -0.25) is 23.9 Å². The summed E-state index contributed by atoms with van der Waals surface area (Å²) in [6.45, 7) is 21.7. The molecule has 2 aliphatic heterocycles. The standard InChI is InChI=1S/C27H33ClN4O2.C25H29ClN4O2.2ClH/c1-5-31-11-10-20-13-21(6-7-22(20)15-31)27(33)29-26-12-19(4)32(30-26)16-23-14-24(28)8-9-25(23)34-17-18(2)3;1-16(2)15-32-23-7-6-22(26)12-21(23)14-30-17(3)10-24(29-30)28-25(31)19-4-5-20-13-27-9-8-18(20)11-19;;/h6-9,12-14,18H,5,10-11,15-17H2,1-4H3,(H,29,30,33);4-7,10-12,16,27H,8-9,13-15H2,1-3H3,(H,28,29,31);2*1H. The molecule has 0 saturated heterocycles. The average Bonchev–Trinajstić information content (AvgIpc) is 3.82. The highest BCUT2D eigenvalue weighted by Crippen LogP contribution is 2.28. The fourth-order valence-corrected chi connectivity index (χ4v) is 8.33. The molecule has 16 heteroatoms. The average molecular weight is 1010 g/mol. The van der Waals surface area contributed by atoms with Gasteiger partial charge in [-0.25, -0.2) is 0 Å². The Morgan fingerprint density at radius 1 is 0.662 bits per heavy atom. The van der Waals surface area contributed by atoms with Crippen molar-refractivity contribution in [2.45, 2.75) is 87.5 Å². The summed E-state index contributed by atoms with van der Waals surface area (Å²) >= 11 is 12.5. The summed E-state index contributed by atoms with van der Waals surface area (Å²) in [7, 11) is 0. The Hall–Kier alpha value is -5.08. The Labute approximate surface area is 423 Å². The van der Waals surface area contributed by atoms with E-state index in [0.29, 0.717) is 70.9 Å². The Morgan fingerprint density at radius 3 is 1.63 bits per heavy atom. The predicted molar refractivity (Wildman–Crippen MR) is 279 cm³/mol. The number of likely N-dealkylation sites (N-methyl/N-ethyl adjacent to an activating group) is 1. The van der Waals surface area contributed by atoms with Crippen LogP contribution in [0.3, 0.4) is 0 Å². The monoisotopic (exact) mass is 1000 g/mol. The van der Waals surface area contributed by atoms with Gasteiger partial charge in [0.1, 0.15) is 11.5 Å². The number of fused-ring (bicyclic) bond motifs is 2. The first-order chi connectivity index (χ1) is 31.7. The minimum atomic E-state index is -0.153. The lowest BCUT2D eigenvalue weighted by Gasteiger charge is -2.27. The molecule has 0 bridgehead atoms. The first kappa shape index (κ1) is 53.9. The second-order valence-electron chi connectivity index (χ2n) is 18.0. The number of amides is 2. The van der Waals surface area contributed by atoms with Gasteiger partial charge in [0.2, 0.25) is 0 Å². The number of ether oxygens (including phenoxy) is 2. The number of aryl methyl sites for hydroxylation is 2. The summed E-state index contributed by atoms with van der Waals surface area (Å²) < 4.78 is 15.7. The van der Waals surface area contributed by atoms with Crippen molar-refractivity contribution in [3.63, 3.8) is 0 Å². The zero-order valence-electron chi connectivity index (χ0n) is 40.0. The van der Waals surface area contributed by atoms with Crippen LogP contribution in [-0.4, -0.2) is 69.1 Å². The number of aromatic nitrogens is 4. The first-order valence-electron chi connectivity index (χ1n) is 22.9. The van der Waals surface area contributed by atoms with E-state index < -0.39 is 0 Å². The number of carbonyl (C=O) groups is 2. The fraction of sp³-hybridized carbons (Fsp3) is 0.385. The molecule has 6 aromatic rings. The molecular weight excluding hydrogens is 942 g/mol. The number of rotatable bonds is 15. The Bertz CT molecular complexity index is 2660. The second kappa shape index (κ2) is 25.0. The third kappa shape index (κ3) is 14.5. The molecule has 0 radical (unpaired) electrons. The second-order valence-corrected chi connectivity index (χ2v) is 18.9. The van der Waals surface area contributed by atoms with E-state index in [4.69, 9.17) is 32.7 Å². The summed E-state index contributed by atoms with van der Waals surface area (Å²) in [6, 6.07) is 26.9. The molecule has 12 nitrogen and oxygen atoms in total. The molecule has 3 N–H and O–H groups in total. The summed E-state index contributed by atoms with van der Waals surface area (Å²) in [4.78, 5) is 28.2. The smallest absolute Gasteiger partial charge is 0.256 e. The molecule has 4 aromatic carbocycles. The van der Waals surface area contributed by atoms with Crippen LogP contribution in [0.1, 0.15) is 100 Å². The maximum atomic E-state index is 12.9. The summed E-state index contributed by atoms with van der Waals surface area (Å²) in [6.07, 6.45) is 1.91. The zero-order valence-corrected chi connectivity index (χ0v) is 43.1. The highest BCUT2D eigenvalue weighted by atomic mass is 35.5. The molecule has 0 fully saturated rings. The molecule has 0 aliphatic carbocycles. The molecule has 0 unspecified atom stereocenters. The molecule has 2 amide bonds. The van der Waals surface area contributed by atoms with E-state index in [-0.39, 0.29) is 36.6 Å². The van der Waals surface area contributed by atoms with E-state index in [9.17, 15) is 9.59 Å². The maximum absolute atomic E-state index is 12.9. The molecule has 0 saturated carbocycles. The molecule has 68 heavy (non-hydrogen) atoms. The SMILES string of the molecule is CCN1CCc2cc(C(=O)Nc3cc(C)n(Cc4cc(Cl)ccc4OCC(C)C)n3)ccc2C1.Cc1cc(NC(=O)c2ccc3c(c2)CCNC3)nn1Cc1cc(Cl)ccc1OCC(C)C.Cl.Cl. The summed E-state index contributed by atoms with van der Waals surface area (Å²) in [5, 5.41) is 19.8. The molecule has 0 atom stereocenters. The van der Waals surface area contributed by atoms with E-state index >= 15 is 0 Å². The van der Waals surface area contributed by atoms with Crippen molar-refractivity contribution >= 4 is 71.5 Å². The van der Waals surface area contributed by atoms with Crippen molar-refractivity contribution in [2.24, 2.45) is 11.8 Å². The third-order valence-electron chi connectivity index (χ3n) is 11.6. The van der Waals surface area contributed by atoms with Crippen LogP contribution in [0.2, 0.25) is 10.0 Å². The van der Waals surface area contributed by atoms with E-state index in [1.807, 2.05) is 102 Å². The van der Waals surface area contributed by atoms with Crippen molar-refractivity contribution in [1.29, 1.82) is 0 Å². The van der Waals surface area contributed by atoms with Gasteiger partial charge in [-0.1, -0.05) is 70.0 Å². The molecule has 8 rings (SSSR count). The van der Waals surface area contributed by atoms with Gasteiger partial charge in [0.15, 0.2) is 11.6 Å². The number of anilines is 2. The lowest BCUT2D eigenvalue weighted by atomic mass is 9.97. The Kier molecular flexibility index (Phi) is 19.8. The Morgan fingerprint density at radius 2 is 1.15 bits per heavy atom. The highest BCUT2D eigenvalue weighted by molar-refractivity contribution is 6.31. The van der Waals surface area contributed by atoms with Crippen LogP contribution in [-0.2, 0) is 39.0 Å². The van der Waals surface area contributed by atoms with Gasteiger partial charge in [0.05, 0.1) is 26.3 Å². The van der Waals surface area contributed by atoms with Crippen LogP contribution >= 0.6 is 48.0 Å². The number of benzene rings is 4. The lowest BCUT2D eigenvalue weighted by Crippen LogP contribution is -2.30. The zero-order chi connectivity index (χ0) is 46.9. The van der Waals surface area contributed by atoms with E-state index in [2.05, 4.69) is 71.7 Å². The normalized spacial score (nSPS) is 13.0. The Balaban J connectivity index is 0.000000247. The van der Waals surface area contributed by atoms with Crippen molar-refractivity contribution in [3.8, 4) is 11.5 Å². The molecule has 0 spiro atoms. The van der Waals surface area contributed by atoms with Gasteiger partial charge < -0.3 is 25.4 Å². The highest BCUT2D eigenvalue weighted by Gasteiger charge is 2.19. The van der Waals surface area contributed by atoms with Crippen molar-refractivity contribution < 1.29 is 19.1 Å². The van der Waals surface area contributed by atoms with Gasteiger partial charge in [-0.05, 0) is 135 Å². The lowest BCUT2D eigenvalue weighted by molar-refractivity contribution is 0.101. The van der Waals surface area contributed by atoms with Gasteiger partial charge in [-0.15, -0.1) is 24.8 Å². The molecule has 2 aliphatic rings. The number of nitrogens with zero attached hydrogens (tertiary/aromatic N) is 5. The minimum absolute atomic E-state index is 0. The molecule has 4 heterocycles. The summed E-state index contributed by atoms with van der Waals surface area (Å²) in [5.74, 6) is 3.20. The first-order valence-corrected chi connectivity index (χ1v) is 23.7. The van der Waals surface area contributed by atoms with Crippen LogP contribution < -0.4 is 25.4 Å². The predicted octanol–water partition coefficient (Wildman–Crippen LogP) is 11.2. The maximum Gasteiger partial charge on any atom is 0.256 e. The molecular formula is C52H64Cl4N8O4. The number of hydrogen-bond donors (Lipinski definition) is 3. The molecule has 2 aromatic heterocycles. The molecule has 364 valence electrons. The van der Waals surface area contributed by atoms with Crippen molar-refractivity contribution in [2.75, 3.05) is 43.5 Å². The number of hydrogen-bond acceptors (Lipinski definition) is 8. The van der Waals surface area contributed by atoms with E-state index in [1.54, 1.807) is 0 Å². The van der Waals surface area contributed by atoms with Crippen molar-refractivity contribution in [3.05, 3.63) is 151 Å². The van der Waals surface area contributed by atoms with Crippen LogP contribution in [0.4, 0.5) is 11.6 Å². The quantitative estimate of drug-likeness (QED) is 0.0928. The largest absolute Gasteiger partial charge is 0.493 e. The minimum Gasteiger partial charge on any atom is -0.493 e.